The zero-order chi connectivity index (χ0) is 12.8. The Hall–Kier alpha value is -1.73. The van der Waals surface area contributed by atoms with Crippen molar-refractivity contribution < 1.29 is 5.11 Å². The van der Waals surface area contributed by atoms with Gasteiger partial charge in [0, 0.05) is 19.2 Å². The van der Waals surface area contributed by atoms with Gasteiger partial charge in [-0.3, -0.25) is 0 Å². The normalized spacial score (nSPS) is 10.3. The van der Waals surface area contributed by atoms with Crippen LogP contribution in [0, 0.1) is 11.3 Å². The predicted molar refractivity (Wildman–Crippen MR) is 69.8 cm³/mol. The lowest BCUT2D eigenvalue weighted by Gasteiger charge is -2.30. The van der Waals surface area contributed by atoms with Gasteiger partial charge in [-0.2, -0.15) is 5.26 Å². The molecule has 0 heterocycles. The van der Waals surface area contributed by atoms with Crippen molar-refractivity contribution in [1.29, 1.82) is 5.26 Å². The van der Waals surface area contributed by atoms with E-state index in [0.29, 0.717) is 17.7 Å². The summed E-state index contributed by atoms with van der Waals surface area (Å²) in [6, 6.07) is 7.65. The number of hydrogen-bond donors (Lipinski definition) is 2. The Kier molecular flexibility index (Phi) is 4.80. The Morgan fingerprint density at radius 2 is 2.18 bits per heavy atom. The van der Waals surface area contributed by atoms with Crippen LogP contribution in [-0.2, 0) is 0 Å². The van der Waals surface area contributed by atoms with Gasteiger partial charge >= 0.3 is 0 Å². The molecule has 3 N–H and O–H groups in total. The molecule has 4 nitrogen and oxygen atoms in total. The SMILES string of the molecule is CC(C)N(CCCO)c1cc(C#N)ccc1N. The predicted octanol–water partition coefficient (Wildman–Crippen LogP) is 1.74. The van der Waals surface area contributed by atoms with Gasteiger partial charge in [-0.15, -0.1) is 0 Å². The highest BCUT2D eigenvalue weighted by atomic mass is 16.3. The molecule has 92 valence electrons. The summed E-state index contributed by atoms with van der Waals surface area (Å²) in [7, 11) is 0. The Labute approximate surface area is 102 Å². The molecule has 0 saturated heterocycles. The number of anilines is 2. The monoisotopic (exact) mass is 233 g/mol. The zero-order valence-corrected chi connectivity index (χ0v) is 10.3. The lowest BCUT2D eigenvalue weighted by molar-refractivity contribution is 0.288. The van der Waals surface area contributed by atoms with Gasteiger partial charge in [0.25, 0.3) is 0 Å². The third kappa shape index (κ3) is 3.36. The number of aliphatic hydroxyl groups is 1. The maximum Gasteiger partial charge on any atom is 0.0992 e. The van der Waals surface area contributed by atoms with Crippen molar-refractivity contribution in [2.75, 3.05) is 23.8 Å². The quantitative estimate of drug-likeness (QED) is 0.760. The fraction of sp³-hybridized carbons (Fsp3) is 0.462. The molecule has 0 aromatic heterocycles. The van der Waals surface area contributed by atoms with Crippen molar-refractivity contribution in [3.63, 3.8) is 0 Å². The molecule has 0 atom stereocenters. The highest BCUT2D eigenvalue weighted by Gasteiger charge is 2.13. The van der Waals surface area contributed by atoms with Gasteiger partial charge in [0.15, 0.2) is 0 Å². The van der Waals surface area contributed by atoms with E-state index in [1.165, 1.54) is 0 Å². The number of nitrogens with zero attached hydrogens (tertiary/aromatic N) is 2. The van der Waals surface area contributed by atoms with Crippen LogP contribution in [0.25, 0.3) is 0 Å². The summed E-state index contributed by atoms with van der Waals surface area (Å²) < 4.78 is 0. The molecule has 0 aliphatic heterocycles. The van der Waals surface area contributed by atoms with Gasteiger partial charge in [-0.25, -0.2) is 0 Å². The molecule has 1 aromatic rings. The topological polar surface area (TPSA) is 73.3 Å². The maximum absolute atomic E-state index is 8.90. The molecule has 0 bridgehead atoms. The lowest BCUT2D eigenvalue weighted by atomic mass is 10.1. The molecule has 0 aliphatic rings. The number of rotatable bonds is 5. The summed E-state index contributed by atoms with van der Waals surface area (Å²) in [4.78, 5) is 2.10. The first-order valence-corrected chi connectivity index (χ1v) is 5.77. The molecule has 1 rings (SSSR count). The second kappa shape index (κ2) is 6.12. The first kappa shape index (κ1) is 13.3. The van der Waals surface area contributed by atoms with E-state index in [4.69, 9.17) is 16.1 Å². The third-order valence-electron chi connectivity index (χ3n) is 2.65. The molecule has 4 heteroatoms. The highest BCUT2D eigenvalue weighted by Crippen LogP contribution is 2.26. The number of nitriles is 1. The number of nitrogens with two attached hydrogens (primary N) is 1. The number of benzene rings is 1. The second-order valence-corrected chi connectivity index (χ2v) is 4.25. The van der Waals surface area contributed by atoms with Crippen LogP contribution in [0.3, 0.4) is 0 Å². The molecule has 0 amide bonds. The molecule has 0 fully saturated rings. The number of aliphatic hydroxyl groups excluding tert-OH is 1. The number of hydrogen-bond acceptors (Lipinski definition) is 4. The van der Waals surface area contributed by atoms with Gasteiger partial charge in [-0.05, 0) is 38.5 Å². The van der Waals surface area contributed by atoms with Crippen LogP contribution in [-0.4, -0.2) is 24.3 Å². The lowest BCUT2D eigenvalue weighted by Crippen LogP contribution is -2.32. The third-order valence-corrected chi connectivity index (χ3v) is 2.65. The van der Waals surface area contributed by atoms with E-state index < -0.39 is 0 Å². The Balaban J connectivity index is 3.04. The fourth-order valence-corrected chi connectivity index (χ4v) is 1.76. The van der Waals surface area contributed by atoms with E-state index in [9.17, 15) is 0 Å². The first-order chi connectivity index (χ1) is 8.10. The highest BCUT2D eigenvalue weighted by molar-refractivity contribution is 5.70. The van der Waals surface area contributed by atoms with Gasteiger partial charge in [0.2, 0.25) is 0 Å². The van der Waals surface area contributed by atoms with E-state index in [0.717, 1.165) is 12.2 Å². The minimum Gasteiger partial charge on any atom is -0.397 e. The van der Waals surface area contributed by atoms with E-state index in [1.807, 2.05) is 0 Å². The fourth-order valence-electron chi connectivity index (χ4n) is 1.76. The molecular formula is C13H19N3O. The van der Waals surface area contributed by atoms with Crippen LogP contribution >= 0.6 is 0 Å². The Morgan fingerprint density at radius 1 is 1.47 bits per heavy atom. The van der Waals surface area contributed by atoms with Crippen molar-refractivity contribution in [3.05, 3.63) is 23.8 Å². The minimum atomic E-state index is 0.154. The summed E-state index contributed by atoms with van der Waals surface area (Å²) in [6.45, 7) is 5.01. The van der Waals surface area contributed by atoms with Crippen molar-refractivity contribution in [3.8, 4) is 6.07 Å². The first-order valence-electron chi connectivity index (χ1n) is 5.77. The average Bonchev–Trinajstić information content (AvgIpc) is 2.31. The van der Waals surface area contributed by atoms with Gasteiger partial charge in [0.05, 0.1) is 23.0 Å². The van der Waals surface area contributed by atoms with Crippen LogP contribution in [0.1, 0.15) is 25.8 Å². The van der Waals surface area contributed by atoms with Crippen LogP contribution in [0.4, 0.5) is 11.4 Å². The Bertz CT molecular complexity index is 410. The van der Waals surface area contributed by atoms with Crippen LogP contribution < -0.4 is 10.6 Å². The van der Waals surface area contributed by atoms with Crippen molar-refractivity contribution >= 4 is 11.4 Å². The summed E-state index contributed by atoms with van der Waals surface area (Å²) >= 11 is 0. The smallest absolute Gasteiger partial charge is 0.0992 e. The van der Waals surface area contributed by atoms with E-state index in [2.05, 4.69) is 24.8 Å². The maximum atomic E-state index is 8.90. The Morgan fingerprint density at radius 3 is 2.71 bits per heavy atom. The molecule has 0 spiro atoms. The molecule has 0 radical (unpaired) electrons. The zero-order valence-electron chi connectivity index (χ0n) is 10.3. The van der Waals surface area contributed by atoms with Gasteiger partial charge in [-0.1, -0.05) is 0 Å². The molecule has 0 unspecified atom stereocenters. The minimum absolute atomic E-state index is 0.154. The molecular weight excluding hydrogens is 214 g/mol. The van der Waals surface area contributed by atoms with Crippen LogP contribution in [0.2, 0.25) is 0 Å². The summed E-state index contributed by atoms with van der Waals surface area (Å²) in [6.07, 6.45) is 0.689. The summed E-state index contributed by atoms with van der Waals surface area (Å²) in [5.41, 5.74) is 8.07. The van der Waals surface area contributed by atoms with Gasteiger partial charge < -0.3 is 15.7 Å². The van der Waals surface area contributed by atoms with Gasteiger partial charge in [0.1, 0.15) is 0 Å². The second-order valence-electron chi connectivity index (χ2n) is 4.25. The summed E-state index contributed by atoms with van der Waals surface area (Å²) in [5, 5.41) is 17.8. The standard InChI is InChI=1S/C13H19N3O/c1-10(2)16(6-3-7-17)13-8-11(9-14)4-5-12(13)15/h4-5,8,10,17H,3,6-7,15H2,1-2H3. The average molecular weight is 233 g/mol. The molecule has 1 aromatic carbocycles. The van der Waals surface area contributed by atoms with E-state index in [-0.39, 0.29) is 12.6 Å². The molecule has 17 heavy (non-hydrogen) atoms. The largest absolute Gasteiger partial charge is 0.397 e. The molecule has 0 aliphatic carbocycles. The molecule has 0 saturated carbocycles. The van der Waals surface area contributed by atoms with Crippen molar-refractivity contribution in [2.24, 2.45) is 0 Å². The van der Waals surface area contributed by atoms with Crippen molar-refractivity contribution in [1.82, 2.24) is 0 Å². The van der Waals surface area contributed by atoms with Crippen LogP contribution in [0.5, 0.6) is 0 Å². The van der Waals surface area contributed by atoms with Crippen LogP contribution in [0.15, 0.2) is 18.2 Å². The number of nitrogen functional groups attached to an aromatic ring is 1. The summed E-state index contributed by atoms with van der Waals surface area (Å²) in [5.74, 6) is 0. The van der Waals surface area contributed by atoms with E-state index in [1.54, 1.807) is 18.2 Å². The van der Waals surface area contributed by atoms with E-state index >= 15 is 0 Å². The van der Waals surface area contributed by atoms with Crippen molar-refractivity contribution in [2.45, 2.75) is 26.3 Å².